The topological polar surface area (TPSA) is 46.6 Å². The van der Waals surface area contributed by atoms with Crippen LogP contribution >= 0.6 is 22.6 Å². The normalized spacial score (nSPS) is 10.4. The number of hydrogen-bond acceptors (Lipinski definition) is 3. The molecule has 0 aliphatic heterocycles. The fraction of sp³-hybridized carbons (Fsp3) is 0.429. The molecule has 0 aromatic heterocycles. The van der Waals surface area contributed by atoms with Crippen LogP contribution < -0.4 is 4.74 Å². The van der Waals surface area contributed by atoms with Gasteiger partial charge in [0.15, 0.2) is 6.29 Å². The van der Waals surface area contributed by atoms with Crippen molar-refractivity contribution in [1.29, 1.82) is 0 Å². The zero-order valence-electron chi connectivity index (χ0n) is 11.4. The van der Waals surface area contributed by atoms with Gasteiger partial charge >= 0.3 is 6.09 Å². The highest BCUT2D eigenvalue weighted by Gasteiger charge is 2.17. The van der Waals surface area contributed by atoms with Crippen LogP contribution in [0.2, 0.25) is 0 Å². The molecule has 0 spiro atoms. The van der Waals surface area contributed by atoms with Crippen LogP contribution in [0.25, 0.3) is 0 Å². The van der Waals surface area contributed by atoms with Gasteiger partial charge in [0.1, 0.15) is 5.75 Å². The van der Waals surface area contributed by atoms with Gasteiger partial charge in [0.05, 0.1) is 5.56 Å². The summed E-state index contributed by atoms with van der Waals surface area (Å²) in [6, 6.07) is 5.13. The van der Waals surface area contributed by atoms with Gasteiger partial charge in [-0.2, -0.15) is 0 Å². The van der Waals surface area contributed by atoms with Crippen LogP contribution in [-0.2, 0) is 0 Å². The monoisotopic (exact) mass is 375 g/mol. The molecule has 19 heavy (non-hydrogen) atoms. The summed E-state index contributed by atoms with van der Waals surface area (Å²) in [6.45, 7) is 7.20. The molecule has 0 saturated carbocycles. The molecule has 104 valence electrons. The Labute approximate surface area is 127 Å². The minimum atomic E-state index is -0.415. The van der Waals surface area contributed by atoms with Gasteiger partial charge < -0.3 is 9.64 Å². The molecular formula is C14H18INO3. The molecule has 1 aromatic rings. The van der Waals surface area contributed by atoms with Crippen molar-refractivity contribution in [2.75, 3.05) is 13.1 Å². The van der Waals surface area contributed by atoms with Crippen molar-refractivity contribution in [3.05, 3.63) is 27.3 Å². The molecule has 5 heteroatoms. The average Bonchev–Trinajstić information content (AvgIpc) is 2.35. The molecule has 0 fully saturated rings. The van der Waals surface area contributed by atoms with Crippen molar-refractivity contribution < 1.29 is 14.3 Å². The molecule has 0 aliphatic carbocycles. The number of hydrogen-bond donors (Lipinski definition) is 0. The third-order valence-electron chi connectivity index (χ3n) is 2.53. The summed E-state index contributed by atoms with van der Waals surface area (Å²) in [6.07, 6.45) is 0.276. The van der Waals surface area contributed by atoms with E-state index in [-0.39, 0.29) is 0 Å². The summed E-state index contributed by atoms with van der Waals surface area (Å²) >= 11 is 2.11. The smallest absolute Gasteiger partial charge is 0.409 e. The van der Waals surface area contributed by atoms with Gasteiger partial charge in [0.2, 0.25) is 0 Å². The lowest BCUT2D eigenvalue weighted by molar-refractivity contribution is 0.111. The van der Waals surface area contributed by atoms with Gasteiger partial charge in [0, 0.05) is 16.7 Å². The maximum Gasteiger partial charge on any atom is 0.415 e. The lowest BCUT2D eigenvalue weighted by atomic mass is 10.2. The van der Waals surface area contributed by atoms with Gasteiger partial charge in [-0.3, -0.25) is 4.79 Å². The molecule has 0 aliphatic rings. The first-order chi connectivity index (χ1) is 8.97. The number of ether oxygens (including phenoxy) is 1. The Morgan fingerprint density at radius 3 is 2.68 bits per heavy atom. The second-order valence-corrected chi connectivity index (χ2v) is 5.85. The van der Waals surface area contributed by atoms with Crippen molar-refractivity contribution >= 4 is 35.0 Å². The predicted molar refractivity (Wildman–Crippen MR) is 82.7 cm³/mol. The van der Waals surface area contributed by atoms with Crippen LogP contribution in [0.3, 0.4) is 0 Å². The number of carbonyl (C=O) groups is 2. The van der Waals surface area contributed by atoms with Gasteiger partial charge in [-0.1, -0.05) is 13.8 Å². The van der Waals surface area contributed by atoms with E-state index in [0.717, 1.165) is 3.57 Å². The molecule has 1 rings (SSSR count). The minimum absolute atomic E-state index is 0.314. The lowest BCUT2D eigenvalue weighted by Gasteiger charge is -2.22. The first-order valence-electron chi connectivity index (χ1n) is 6.19. The summed E-state index contributed by atoms with van der Waals surface area (Å²) < 4.78 is 6.24. The Kier molecular flexibility index (Phi) is 6.27. The highest BCUT2D eigenvalue weighted by Crippen LogP contribution is 2.21. The molecule has 1 amide bonds. The van der Waals surface area contributed by atoms with Crippen LogP contribution in [-0.4, -0.2) is 30.4 Å². The number of nitrogens with zero attached hydrogens (tertiary/aromatic N) is 1. The minimum Gasteiger partial charge on any atom is -0.409 e. The third-order valence-corrected chi connectivity index (χ3v) is 3.20. The fourth-order valence-electron chi connectivity index (χ4n) is 1.63. The molecule has 0 atom stereocenters. The van der Waals surface area contributed by atoms with E-state index < -0.39 is 6.09 Å². The van der Waals surface area contributed by atoms with Gasteiger partial charge in [-0.05, 0) is 53.6 Å². The van der Waals surface area contributed by atoms with Crippen molar-refractivity contribution in [3.8, 4) is 5.75 Å². The first-order valence-corrected chi connectivity index (χ1v) is 7.27. The quantitative estimate of drug-likeness (QED) is 0.584. The summed E-state index contributed by atoms with van der Waals surface area (Å²) in [4.78, 5) is 24.6. The Morgan fingerprint density at radius 2 is 2.16 bits per heavy atom. The highest BCUT2D eigenvalue weighted by molar-refractivity contribution is 14.1. The molecular weight excluding hydrogens is 357 g/mol. The molecule has 0 radical (unpaired) electrons. The van der Waals surface area contributed by atoms with Crippen molar-refractivity contribution in [1.82, 2.24) is 4.90 Å². The number of rotatable bonds is 5. The molecule has 0 bridgehead atoms. The maximum absolute atomic E-state index is 12.0. The van der Waals surface area contributed by atoms with E-state index >= 15 is 0 Å². The zero-order chi connectivity index (χ0) is 14.4. The number of amides is 1. The second-order valence-electron chi connectivity index (χ2n) is 4.60. The van der Waals surface area contributed by atoms with E-state index in [1.165, 1.54) is 0 Å². The number of carbonyl (C=O) groups excluding carboxylic acids is 2. The SMILES string of the molecule is CCN(CC(C)C)C(=O)Oc1cc(I)ccc1C=O. The molecule has 0 saturated heterocycles. The van der Waals surface area contributed by atoms with Gasteiger partial charge in [0.25, 0.3) is 0 Å². The van der Waals surface area contributed by atoms with E-state index in [1.54, 1.807) is 23.1 Å². The van der Waals surface area contributed by atoms with Crippen molar-refractivity contribution in [2.24, 2.45) is 5.92 Å². The van der Waals surface area contributed by atoms with E-state index in [4.69, 9.17) is 4.74 Å². The van der Waals surface area contributed by atoms with E-state index in [0.29, 0.717) is 36.6 Å². The van der Waals surface area contributed by atoms with E-state index in [1.807, 2.05) is 20.8 Å². The maximum atomic E-state index is 12.0. The van der Waals surface area contributed by atoms with E-state index in [9.17, 15) is 9.59 Å². The van der Waals surface area contributed by atoms with Crippen LogP contribution in [0.1, 0.15) is 31.1 Å². The number of aldehydes is 1. The Morgan fingerprint density at radius 1 is 1.47 bits per heavy atom. The average molecular weight is 375 g/mol. The Hall–Kier alpha value is -1.11. The molecule has 0 heterocycles. The van der Waals surface area contributed by atoms with Gasteiger partial charge in [-0.25, -0.2) is 4.79 Å². The van der Waals surface area contributed by atoms with Crippen LogP contribution in [0, 0.1) is 9.49 Å². The molecule has 1 aromatic carbocycles. The Balaban J connectivity index is 2.85. The largest absolute Gasteiger partial charge is 0.415 e. The van der Waals surface area contributed by atoms with Crippen molar-refractivity contribution in [2.45, 2.75) is 20.8 Å². The first kappa shape index (κ1) is 15.9. The zero-order valence-corrected chi connectivity index (χ0v) is 13.5. The molecule has 0 N–H and O–H groups in total. The lowest BCUT2D eigenvalue weighted by Crippen LogP contribution is -2.36. The van der Waals surface area contributed by atoms with E-state index in [2.05, 4.69) is 22.6 Å². The standard InChI is InChI=1S/C14H18INO3/c1-4-16(8-10(2)3)14(18)19-13-7-12(15)6-5-11(13)9-17/h5-7,9-10H,4,8H2,1-3H3. The predicted octanol–water partition coefficient (Wildman–Crippen LogP) is 3.58. The number of benzene rings is 1. The highest BCUT2D eigenvalue weighted by atomic mass is 127. The van der Waals surface area contributed by atoms with Crippen molar-refractivity contribution in [3.63, 3.8) is 0 Å². The number of halogens is 1. The van der Waals surface area contributed by atoms with Crippen LogP contribution in [0.5, 0.6) is 5.75 Å². The van der Waals surface area contributed by atoms with Crippen LogP contribution in [0.4, 0.5) is 4.79 Å². The summed E-state index contributed by atoms with van der Waals surface area (Å²) in [5.41, 5.74) is 0.384. The molecule has 4 nitrogen and oxygen atoms in total. The molecule has 0 unspecified atom stereocenters. The van der Waals surface area contributed by atoms with Crippen LogP contribution in [0.15, 0.2) is 18.2 Å². The Bertz CT molecular complexity index is 460. The van der Waals surface area contributed by atoms with Gasteiger partial charge in [-0.15, -0.1) is 0 Å². The summed E-state index contributed by atoms with van der Waals surface area (Å²) in [7, 11) is 0. The summed E-state index contributed by atoms with van der Waals surface area (Å²) in [5.74, 6) is 0.683. The third kappa shape index (κ3) is 4.81. The fourth-order valence-corrected chi connectivity index (χ4v) is 2.09. The summed E-state index contributed by atoms with van der Waals surface area (Å²) in [5, 5.41) is 0. The second kappa shape index (κ2) is 7.47.